The zero-order valence-electron chi connectivity index (χ0n) is 18.1. The zero-order chi connectivity index (χ0) is 27.4. The van der Waals surface area contributed by atoms with Crippen molar-refractivity contribution >= 4 is 10.0 Å². The molecule has 9 nitrogen and oxygen atoms in total. The van der Waals surface area contributed by atoms with Gasteiger partial charge in [-0.15, -0.1) is 0 Å². The van der Waals surface area contributed by atoms with Gasteiger partial charge in [0, 0.05) is 13.1 Å². The molecule has 0 aliphatic carbocycles. The monoisotopic (exact) mass is 563 g/mol. The number of halogens is 9. The maximum Gasteiger partial charge on any atom is 0.460 e. The maximum absolute atomic E-state index is 14.2. The fraction of sp³-hybridized carbons (Fsp3) is 1.00. The molecule has 35 heavy (non-hydrogen) atoms. The van der Waals surface area contributed by atoms with Gasteiger partial charge in [-0.25, -0.2) is 8.42 Å². The third-order valence-corrected chi connectivity index (χ3v) is 5.91. The highest BCUT2D eigenvalue weighted by Crippen LogP contribution is 2.55. The van der Waals surface area contributed by atoms with Gasteiger partial charge in [0.2, 0.25) is 0 Å². The minimum Gasteiger partial charge on any atom is -0.394 e. The van der Waals surface area contributed by atoms with Crippen molar-refractivity contribution in [2.75, 3.05) is 79.2 Å². The van der Waals surface area contributed by atoms with Gasteiger partial charge >= 0.3 is 23.3 Å². The van der Waals surface area contributed by atoms with Crippen LogP contribution >= 0.6 is 0 Å². The van der Waals surface area contributed by atoms with E-state index in [0.29, 0.717) is 0 Å². The second kappa shape index (κ2) is 14.7. The van der Waals surface area contributed by atoms with E-state index in [2.05, 4.69) is 0 Å². The molecule has 0 radical (unpaired) electrons. The number of aliphatic hydroxyl groups is 2. The lowest BCUT2D eigenvalue weighted by Crippen LogP contribution is -2.65. The summed E-state index contributed by atoms with van der Waals surface area (Å²) in [5.74, 6) is -14.8. The second-order valence-corrected chi connectivity index (χ2v) is 8.44. The van der Waals surface area contributed by atoms with E-state index in [1.54, 1.807) is 0 Å². The van der Waals surface area contributed by atoms with Crippen LogP contribution in [0, 0.1) is 0 Å². The van der Waals surface area contributed by atoms with Crippen molar-refractivity contribution in [3.63, 3.8) is 0 Å². The molecule has 0 aliphatic heterocycles. The summed E-state index contributed by atoms with van der Waals surface area (Å²) in [6.07, 6.45) is -7.18. The van der Waals surface area contributed by atoms with Gasteiger partial charge in [0.25, 0.3) is 10.0 Å². The molecule has 0 heterocycles. The number of ether oxygens (including phenoxy) is 4. The summed E-state index contributed by atoms with van der Waals surface area (Å²) in [6.45, 7) is -5.59. The van der Waals surface area contributed by atoms with Crippen molar-refractivity contribution in [2.45, 2.75) is 23.3 Å². The van der Waals surface area contributed by atoms with Crippen LogP contribution in [0.3, 0.4) is 0 Å². The van der Waals surface area contributed by atoms with Crippen LogP contribution in [-0.4, -0.2) is 125 Å². The molecule has 0 aromatic carbocycles. The lowest BCUT2D eigenvalue weighted by atomic mass is 10.1. The fourth-order valence-corrected chi connectivity index (χ4v) is 3.55. The summed E-state index contributed by atoms with van der Waals surface area (Å²) in [5, 5.41) is 10.2. The fourth-order valence-electron chi connectivity index (χ4n) is 2.14. The Morgan fingerprint density at radius 2 is 0.914 bits per heavy atom. The molecule has 0 aromatic rings. The number of alkyl halides is 9. The Morgan fingerprint density at radius 3 is 1.23 bits per heavy atom. The lowest BCUT2D eigenvalue weighted by Gasteiger charge is -2.35. The molecule has 0 saturated carbocycles. The first-order chi connectivity index (χ1) is 16.0. The SMILES string of the molecule is O=S(=O)(N(CCOCCOCCO)CCOCCOCCO)C(F)(F)C(F)(F)C(F)(F)C(F)(F)F. The predicted molar refractivity (Wildman–Crippen MR) is 98.8 cm³/mol. The molecule has 0 atom stereocenters. The Balaban J connectivity index is 5.52. The first kappa shape index (κ1) is 34.0. The summed E-state index contributed by atoms with van der Waals surface area (Å²) in [6, 6.07) is 0. The summed E-state index contributed by atoms with van der Waals surface area (Å²) in [7, 11) is -6.82. The first-order valence-corrected chi connectivity index (χ1v) is 11.2. The van der Waals surface area contributed by atoms with Gasteiger partial charge in [-0.3, -0.25) is 0 Å². The summed E-state index contributed by atoms with van der Waals surface area (Å²) in [4.78, 5) is 0. The van der Waals surface area contributed by atoms with Crippen LogP contribution in [0.1, 0.15) is 0 Å². The Labute approximate surface area is 194 Å². The Hall–Kier alpha value is -0.960. The van der Waals surface area contributed by atoms with Crippen LogP contribution in [0.4, 0.5) is 39.5 Å². The van der Waals surface area contributed by atoms with E-state index < -0.39 is 63.9 Å². The van der Waals surface area contributed by atoms with Gasteiger partial charge in [0.15, 0.2) is 0 Å². The van der Waals surface area contributed by atoms with Gasteiger partial charge in [-0.05, 0) is 0 Å². The Morgan fingerprint density at radius 1 is 0.571 bits per heavy atom. The average molecular weight is 563 g/mol. The second-order valence-electron chi connectivity index (χ2n) is 6.46. The Bertz CT molecular complexity index is 677. The molecule has 0 amide bonds. The zero-order valence-corrected chi connectivity index (χ0v) is 18.9. The average Bonchev–Trinajstić information content (AvgIpc) is 2.75. The van der Waals surface area contributed by atoms with Gasteiger partial charge in [0.05, 0.1) is 66.1 Å². The van der Waals surface area contributed by atoms with Crippen molar-refractivity contribution in [3.8, 4) is 0 Å². The number of rotatable bonds is 20. The smallest absolute Gasteiger partial charge is 0.394 e. The van der Waals surface area contributed by atoms with Crippen LogP contribution in [0.2, 0.25) is 0 Å². The molecule has 0 saturated heterocycles. The van der Waals surface area contributed by atoms with E-state index in [4.69, 9.17) is 29.2 Å². The van der Waals surface area contributed by atoms with Gasteiger partial charge in [-0.2, -0.15) is 43.8 Å². The normalized spacial score (nSPS) is 14.2. The highest BCUT2D eigenvalue weighted by molar-refractivity contribution is 7.90. The minimum atomic E-state index is -7.39. The molecule has 212 valence electrons. The molecule has 0 unspecified atom stereocenters. The topological polar surface area (TPSA) is 115 Å². The largest absolute Gasteiger partial charge is 0.460 e. The van der Waals surface area contributed by atoms with Crippen LogP contribution < -0.4 is 0 Å². The molecular formula is C16H26F9NO8S. The van der Waals surface area contributed by atoms with Gasteiger partial charge < -0.3 is 29.2 Å². The number of hydrogen-bond acceptors (Lipinski definition) is 8. The lowest BCUT2D eigenvalue weighted by molar-refractivity contribution is -0.382. The molecule has 0 bridgehead atoms. The number of sulfonamides is 1. The number of hydrogen-bond donors (Lipinski definition) is 2. The molecule has 0 aliphatic rings. The minimum absolute atomic E-state index is 0.0993. The summed E-state index contributed by atoms with van der Waals surface area (Å²) >= 11 is 0. The van der Waals surface area contributed by atoms with E-state index >= 15 is 0 Å². The maximum atomic E-state index is 14.2. The van der Waals surface area contributed by atoms with E-state index in [1.807, 2.05) is 0 Å². The molecule has 0 rings (SSSR count). The molecule has 2 N–H and O–H groups in total. The third-order valence-electron chi connectivity index (χ3n) is 3.97. The van der Waals surface area contributed by atoms with E-state index in [1.165, 1.54) is 0 Å². The van der Waals surface area contributed by atoms with Crippen molar-refractivity contribution in [2.24, 2.45) is 0 Å². The van der Waals surface area contributed by atoms with Crippen LogP contribution in [0.5, 0.6) is 0 Å². The molecule has 19 heteroatoms. The number of aliphatic hydroxyl groups excluding tert-OH is 2. The molecule has 0 spiro atoms. The highest BCUT2D eigenvalue weighted by Gasteiger charge is 2.85. The summed E-state index contributed by atoms with van der Waals surface area (Å²) in [5.41, 5.74) is 0. The predicted octanol–water partition coefficient (Wildman–Crippen LogP) is 1.09. The number of nitrogens with zero attached hydrogens (tertiary/aromatic N) is 1. The van der Waals surface area contributed by atoms with Crippen molar-refractivity contribution < 1.29 is 77.1 Å². The standard InChI is InChI=1S/C16H26F9NO8S/c17-13(18,15(21,22)23)14(19,20)16(24,25)35(29,30)26(1-5-31-9-11-33-7-3-27)2-6-32-10-12-34-8-4-28/h27-28H,1-12H2. The van der Waals surface area contributed by atoms with Crippen LogP contribution in [0.15, 0.2) is 0 Å². The van der Waals surface area contributed by atoms with Crippen molar-refractivity contribution in [3.05, 3.63) is 0 Å². The quantitative estimate of drug-likeness (QED) is 0.167. The van der Waals surface area contributed by atoms with Crippen molar-refractivity contribution in [1.82, 2.24) is 4.31 Å². The summed E-state index contributed by atoms with van der Waals surface area (Å²) < 4.78 is 162. The van der Waals surface area contributed by atoms with E-state index in [-0.39, 0.29) is 52.9 Å². The van der Waals surface area contributed by atoms with Gasteiger partial charge in [0.1, 0.15) is 0 Å². The van der Waals surface area contributed by atoms with Gasteiger partial charge in [-0.1, -0.05) is 0 Å². The van der Waals surface area contributed by atoms with Crippen LogP contribution in [-0.2, 0) is 29.0 Å². The first-order valence-electron chi connectivity index (χ1n) is 9.75. The Kier molecular flexibility index (Phi) is 14.3. The molecule has 0 fully saturated rings. The highest BCUT2D eigenvalue weighted by atomic mass is 32.2. The molecule has 0 aromatic heterocycles. The van der Waals surface area contributed by atoms with Crippen molar-refractivity contribution in [1.29, 1.82) is 0 Å². The van der Waals surface area contributed by atoms with Crippen LogP contribution in [0.25, 0.3) is 0 Å². The third kappa shape index (κ3) is 9.13. The van der Waals surface area contributed by atoms with E-state index in [0.717, 1.165) is 0 Å². The molecular weight excluding hydrogens is 537 g/mol. The van der Waals surface area contributed by atoms with E-state index in [9.17, 15) is 47.9 Å².